The van der Waals surface area contributed by atoms with Crippen molar-refractivity contribution in [2.24, 2.45) is 0 Å². The number of nitrogens with two attached hydrogens (primary N) is 1. The Morgan fingerprint density at radius 1 is 1.10 bits per heavy atom. The molecule has 1 heterocycles. The zero-order valence-electron chi connectivity index (χ0n) is 11.6. The number of fused-ring (bicyclic) bond motifs is 1. The van der Waals surface area contributed by atoms with Gasteiger partial charge in [-0.05, 0) is 30.0 Å². The van der Waals surface area contributed by atoms with Gasteiger partial charge in [0.25, 0.3) is 5.91 Å². The van der Waals surface area contributed by atoms with Gasteiger partial charge in [0.1, 0.15) is 11.5 Å². The Bertz CT molecular complexity index is 827. The van der Waals surface area contributed by atoms with Crippen LogP contribution in [0.3, 0.4) is 0 Å². The highest BCUT2D eigenvalue weighted by molar-refractivity contribution is 6.06. The second kappa shape index (κ2) is 5.25. The molecule has 0 aliphatic heterocycles. The Morgan fingerprint density at radius 2 is 1.81 bits per heavy atom. The Hall–Kier alpha value is -2.88. The normalized spacial score (nSPS) is 10.5. The van der Waals surface area contributed by atoms with Crippen molar-refractivity contribution in [1.29, 1.82) is 0 Å². The number of pyridine rings is 1. The molecule has 1 amide bonds. The van der Waals surface area contributed by atoms with Crippen LogP contribution in [0.15, 0.2) is 54.6 Å². The maximum atomic E-state index is 12.3. The summed E-state index contributed by atoms with van der Waals surface area (Å²) >= 11 is 0. The molecule has 3 aromatic rings. The maximum Gasteiger partial charge on any atom is 0.274 e. The van der Waals surface area contributed by atoms with Gasteiger partial charge in [0.15, 0.2) is 0 Å². The number of benzene rings is 2. The SMILES string of the molecule is Cc1ccccc1NC(=O)c1cc2ccccc2c(N)n1. The smallest absolute Gasteiger partial charge is 0.274 e. The van der Waals surface area contributed by atoms with Crippen LogP contribution in [0.4, 0.5) is 11.5 Å². The summed E-state index contributed by atoms with van der Waals surface area (Å²) in [6, 6.07) is 17.0. The summed E-state index contributed by atoms with van der Waals surface area (Å²) in [5.74, 6) is 0.102. The van der Waals surface area contributed by atoms with Gasteiger partial charge in [-0.2, -0.15) is 0 Å². The number of aryl methyl sites for hydroxylation is 1. The second-order valence-electron chi connectivity index (χ2n) is 4.88. The van der Waals surface area contributed by atoms with E-state index in [-0.39, 0.29) is 5.91 Å². The van der Waals surface area contributed by atoms with Crippen molar-refractivity contribution in [2.45, 2.75) is 6.92 Å². The number of anilines is 2. The van der Waals surface area contributed by atoms with Crippen LogP contribution in [0.2, 0.25) is 0 Å². The molecule has 3 rings (SSSR count). The molecular formula is C17H15N3O. The van der Waals surface area contributed by atoms with Gasteiger partial charge in [0.2, 0.25) is 0 Å². The van der Waals surface area contributed by atoms with Gasteiger partial charge < -0.3 is 11.1 Å². The number of amides is 1. The molecule has 21 heavy (non-hydrogen) atoms. The van der Waals surface area contributed by atoms with Crippen LogP contribution in [0, 0.1) is 6.92 Å². The van der Waals surface area contributed by atoms with E-state index in [1.807, 2.05) is 55.5 Å². The Balaban J connectivity index is 1.97. The summed E-state index contributed by atoms with van der Waals surface area (Å²) in [7, 11) is 0. The van der Waals surface area contributed by atoms with E-state index in [2.05, 4.69) is 10.3 Å². The molecule has 3 N–H and O–H groups in total. The first-order chi connectivity index (χ1) is 10.1. The van der Waals surface area contributed by atoms with E-state index in [4.69, 9.17) is 5.73 Å². The molecule has 0 bridgehead atoms. The van der Waals surface area contributed by atoms with E-state index in [9.17, 15) is 4.79 Å². The van der Waals surface area contributed by atoms with Crippen molar-refractivity contribution in [3.63, 3.8) is 0 Å². The minimum Gasteiger partial charge on any atom is -0.383 e. The average Bonchev–Trinajstić information content (AvgIpc) is 2.49. The van der Waals surface area contributed by atoms with Gasteiger partial charge in [-0.3, -0.25) is 4.79 Å². The summed E-state index contributed by atoms with van der Waals surface area (Å²) in [6.45, 7) is 1.94. The van der Waals surface area contributed by atoms with Crippen LogP contribution in [-0.2, 0) is 0 Å². The number of carbonyl (C=O) groups excluding carboxylic acids is 1. The van der Waals surface area contributed by atoms with Gasteiger partial charge in [0.05, 0.1) is 0 Å². The maximum absolute atomic E-state index is 12.3. The molecule has 4 heteroatoms. The fraction of sp³-hybridized carbons (Fsp3) is 0.0588. The number of aromatic nitrogens is 1. The number of nitrogens with zero attached hydrogens (tertiary/aromatic N) is 1. The van der Waals surface area contributed by atoms with Crippen molar-refractivity contribution >= 4 is 28.2 Å². The third-order valence-corrected chi connectivity index (χ3v) is 3.40. The van der Waals surface area contributed by atoms with Crippen molar-refractivity contribution in [2.75, 3.05) is 11.1 Å². The van der Waals surface area contributed by atoms with E-state index in [0.717, 1.165) is 22.0 Å². The first kappa shape index (κ1) is 13.1. The predicted octanol–water partition coefficient (Wildman–Crippen LogP) is 3.38. The van der Waals surface area contributed by atoms with Crippen LogP contribution < -0.4 is 11.1 Å². The Labute approximate surface area is 122 Å². The second-order valence-corrected chi connectivity index (χ2v) is 4.88. The molecule has 0 saturated heterocycles. The van der Waals surface area contributed by atoms with E-state index in [1.165, 1.54) is 0 Å². The quantitative estimate of drug-likeness (QED) is 0.754. The third kappa shape index (κ3) is 2.56. The lowest BCUT2D eigenvalue weighted by molar-refractivity contribution is 0.102. The zero-order chi connectivity index (χ0) is 14.8. The van der Waals surface area contributed by atoms with E-state index >= 15 is 0 Å². The minimum absolute atomic E-state index is 0.262. The van der Waals surface area contributed by atoms with E-state index < -0.39 is 0 Å². The molecule has 0 saturated carbocycles. The van der Waals surface area contributed by atoms with Gasteiger partial charge in [-0.25, -0.2) is 4.98 Å². The number of nitrogen functional groups attached to an aromatic ring is 1. The Morgan fingerprint density at radius 3 is 2.62 bits per heavy atom. The molecular weight excluding hydrogens is 262 g/mol. The summed E-state index contributed by atoms with van der Waals surface area (Å²) in [5, 5.41) is 4.62. The molecule has 0 unspecified atom stereocenters. The van der Waals surface area contributed by atoms with Crippen molar-refractivity contribution < 1.29 is 4.79 Å². The van der Waals surface area contributed by atoms with E-state index in [1.54, 1.807) is 6.07 Å². The van der Waals surface area contributed by atoms with Crippen LogP contribution in [0.25, 0.3) is 10.8 Å². The molecule has 0 aliphatic rings. The van der Waals surface area contributed by atoms with E-state index in [0.29, 0.717) is 11.5 Å². The molecule has 4 nitrogen and oxygen atoms in total. The van der Waals surface area contributed by atoms with Crippen molar-refractivity contribution in [3.8, 4) is 0 Å². The fourth-order valence-electron chi connectivity index (χ4n) is 2.24. The zero-order valence-corrected chi connectivity index (χ0v) is 11.6. The van der Waals surface area contributed by atoms with Crippen LogP contribution in [-0.4, -0.2) is 10.9 Å². The van der Waals surface area contributed by atoms with Crippen LogP contribution in [0.1, 0.15) is 16.1 Å². The number of rotatable bonds is 2. The standard InChI is InChI=1S/C17H15N3O/c1-11-6-2-5-9-14(11)20-17(21)15-10-12-7-3-4-8-13(12)16(18)19-15/h2-10H,1H3,(H2,18,19)(H,20,21). The van der Waals surface area contributed by atoms with Crippen molar-refractivity contribution in [3.05, 3.63) is 65.9 Å². The first-order valence-electron chi connectivity index (χ1n) is 6.67. The number of hydrogen-bond acceptors (Lipinski definition) is 3. The molecule has 0 spiro atoms. The number of carbonyl (C=O) groups is 1. The molecule has 0 atom stereocenters. The molecule has 1 aromatic heterocycles. The summed E-state index contributed by atoms with van der Waals surface area (Å²) in [4.78, 5) is 16.5. The van der Waals surface area contributed by atoms with Crippen molar-refractivity contribution in [1.82, 2.24) is 4.98 Å². The molecule has 0 aliphatic carbocycles. The predicted molar refractivity (Wildman–Crippen MR) is 85.3 cm³/mol. The first-order valence-corrected chi connectivity index (χ1v) is 6.67. The number of para-hydroxylation sites is 1. The lowest BCUT2D eigenvalue weighted by Crippen LogP contribution is -2.15. The summed E-state index contributed by atoms with van der Waals surface area (Å²) in [5.41, 5.74) is 8.02. The van der Waals surface area contributed by atoms with Gasteiger partial charge in [0, 0.05) is 11.1 Å². The lowest BCUT2D eigenvalue weighted by Gasteiger charge is -2.09. The third-order valence-electron chi connectivity index (χ3n) is 3.40. The Kier molecular flexibility index (Phi) is 3.28. The minimum atomic E-state index is -0.262. The fourth-order valence-corrected chi connectivity index (χ4v) is 2.24. The molecule has 2 aromatic carbocycles. The van der Waals surface area contributed by atoms with Crippen LogP contribution >= 0.6 is 0 Å². The number of nitrogens with one attached hydrogen (secondary N) is 1. The summed E-state index contributed by atoms with van der Waals surface area (Å²) < 4.78 is 0. The molecule has 104 valence electrons. The average molecular weight is 277 g/mol. The molecule has 0 radical (unpaired) electrons. The highest BCUT2D eigenvalue weighted by Crippen LogP contribution is 2.21. The van der Waals surface area contributed by atoms with Crippen LogP contribution in [0.5, 0.6) is 0 Å². The monoisotopic (exact) mass is 277 g/mol. The topological polar surface area (TPSA) is 68.0 Å². The number of hydrogen-bond donors (Lipinski definition) is 2. The van der Waals surface area contributed by atoms with Gasteiger partial charge in [-0.15, -0.1) is 0 Å². The van der Waals surface area contributed by atoms with Gasteiger partial charge >= 0.3 is 0 Å². The summed E-state index contributed by atoms with van der Waals surface area (Å²) in [6.07, 6.45) is 0. The largest absolute Gasteiger partial charge is 0.383 e. The molecule has 0 fully saturated rings. The van der Waals surface area contributed by atoms with Gasteiger partial charge in [-0.1, -0.05) is 42.5 Å². The lowest BCUT2D eigenvalue weighted by atomic mass is 10.1. The highest BCUT2D eigenvalue weighted by atomic mass is 16.1. The highest BCUT2D eigenvalue weighted by Gasteiger charge is 2.11.